The fourth-order valence-electron chi connectivity index (χ4n) is 3.04. The maximum absolute atomic E-state index is 13.0. The van der Waals surface area contributed by atoms with Crippen molar-refractivity contribution < 1.29 is 19.4 Å². The first-order valence-electron chi connectivity index (χ1n) is 9.29. The van der Waals surface area contributed by atoms with Crippen LogP contribution in [0.15, 0.2) is 36.4 Å². The van der Waals surface area contributed by atoms with Gasteiger partial charge in [-0.05, 0) is 29.7 Å². The molecule has 1 aliphatic carbocycles. The third-order valence-electron chi connectivity index (χ3n) is 5.18. The Balaban J connectivity index is 1.96. The van der Waals surface area contributed by atoms with Gasteiger partial charge in [-0.3, -0.25) is 4.79 Å². The second kappa shape index (κ2) is 6.87. The fraction of sp³-hybridized carbons (Fsp3) is 0.455. The number of carboxylic acid groups (broad SMARTS) is 1. The molecule has 0 aliphatic heterocycles. The highest BCUT2D eigenvalue weighted by molar-refractivity contribution is 6.05. The fourth-order valence-corrected chi connectivity index (χ4v) is 3.04. The van der Waals surface area contributed by atoms with Gasteiger partial charge in [0.25, 0.3) is 5.91 Å². The van der Waals surface area contributed by atoms with Crippen LogP contribution in [-0.2, 0) is 4.79 Å². The molecule has 1 amide bonds. The van der Waals surface area contributed by atoms with Crippen LogP contribution in [0.2, 0.25) is 0 Å². The van der Waals surface area contributed by atoms with Gasteiger partial charge in [-0.1, -0.05) is 58.0 Å². The van der Waals surface area contributed by atoms with Crippen molar-refractivity contribution in [2.24, 2.45) is 10.8 Å². The van der Waals surface area contributed by atoms with E-state index < -0.39 is 23.3 Å². The molecule has 0 radical (unpaired) electrons. The number of benzene rings is 2. The summed E-state index contributed by atoms with van der Waals surface area (Å²) in [6.07, 6.45) is 2.23. The van der Waals surface area contributed by atoms with Gasteiger partial charge in [-0.15, -0.1) is 0 Å². The quantitative estimate of drug-likeness (QED) is 0.798. The molecule has 2 aromatic carbocycles. The van der Waals surface area contributed by atoms with Gasteiger partial charge < -0.3 is 15.2 Å². The zero-order valence-electron chi connectivity index (χ0n) is 16.3. The lowest BCUT2D eigenvalue weighted by Gasteiger charge is -2.28. The molecule has 5 heteroatoms. The number of aliphatic carboxylic acids is 1. The molecule has 1 fully saturated rings. The Morgan fingerprint density at radius 3 is 2.44 bits per heavy atom. The van der Waals surface area contributed by atoms with E-state index >= 15 is 0 Å². The summed E-state index contributed by atoms with van der Waals surface area (Å²) in [6, 6.07) is 10.3. The van der Waals surface area contributed by atoms with Gasteiger partial charge in [0.2, 0.25) is 0 Å². The molecule has 1 saturated carbocycles. The SMILES string of the molecule is CC1(COc2c(C(=O)N[C@H](C(=O)O)C(C)(C)C)ccc3ccccc23)CC1. The molecule has 0 bridgehead atoms. The first-order chi connectivity index (χ1) is 12.6. The molecule has 0 aromatic heterocycles. The van der Waals surface area contributed by atoms with Crippen molar-refractivity contribution >= 4 is 22.6 Å². The van der Waals surface area contributed by atoms with E-state index in [1.54, 1.807) is 26.8 Å². The van der Waals surface area contributed by atoms with E-state index in [9.17, 15) is 14.7 Å². The van der Waals surface area contributed by atoms with Crippen molar-refractivity contribution in [3.8, 4) is 5.75 Å². The Labute approximate surface area is 159 Å². The number of hydrogen-bond donors (Lipinski definition) is 2. The minimum absolute atomic E-state index is 0.166. The summed E-state index contributed by atoms with van der Waals surface area (Å²) >= 11 is 0. The van der Waals surface area contributed by atoms with E-state index in [0.29, 0.717) is 17.9 Å². The number of ether oxygens (including phenoxy) is 1. The summed E-state index contributed by atoms with van der Waals surface area (Å²) in [5, 5.41) is 14.0. The Kier molecular flexibility index (Phi) is 4.89. The van der Waals surface area contributed by atoms with Crippen molar-refractivity contribution in [3.05, 3.63) is 42.0 Å². The largest absolute Gasteiger partial charge is 0.492 e. The number of carbonyl (C=O) groups is 2. The predicted molar refractivity (Wildman–Crippen MR) is 105 cm³/mol. The average molecular weight is 369 g/mol. The molecule has 0 unspecified atom stereocenters. The summed E-state index contributed by atoms with van der Waals surface area (Å²) < 4.78 is 6.12. The molecular weight excluding hydrogens is 342 g/mol. The molecule has 0 spiro atoms. The van der Waals surface area contributed by atoms with E-state index in [2.05, 4.69) is 12.2 Å². The van der Waals surface area contributed by atoms with Gasteiger partial charge in [0.15, 0.2) is 0 Å². The van der Waals surface area contributed by atoms with Gasteiger partial charge in [-0.2, -0.15) is 0 Å². The zero-order chi connectivity index (χ0) is 19.8. The molecule has 1 aliphatic rings. The molecule has 27 heavy (non-hydrogen) atoms. The molecule has 3 rings (SSSR count). The second-order valence-electron chi connectivity index (χ2n) is 8.87. The maximum Gasteiger partial charge on any atom is 0.326 e. The number of rotatable bonds is 6. The van der Waals surface area contributed by atoms with Gasteiger partial charge in [0.1, 0.15) is 11.8 Å². The standard InChI is InChI=1S/C22H27NO4/c1-21(2,3)18(20(25)26)23-19(24)16-10-9-14-7-5-6-8-15(14)17(16)27-13-22(4)11-12-22/h5-10,18H,11-13H2,1-4H3,(H,23,24)(H,25,26)/t18-/m1/s1. The summed E-state index contributed by atoms with van der Waals surface area (Å²) in [5.41, 5.74) is -0.0750. The van der Waals surface area contributed by atoms with Crippen molar-refractivity contribution in [1.29, 1.82) is 0 Å². The van der Waals surface area contributed by atoms with Crippen LogP contribution in [0.1, 0.15) is 50.9 Å². The topological polar surface area (TPSA) is 75.6 Å². The molecule has 1 atom stereocenters. The number of fused-ring (bicyclic) bond motifs is 1. The normalized spacial score (nSPS) is 16.6. The summed E-state index contributed by atoms with van der Waals surface area (Å²) in [7, 11) is 0. The third-order valence-corrected chi connectivity index (χ3v) is 5.18. The number of carboxylic acids is 1. The number of nitrogens with one attached hydrogen (secondary N) is 1. The van der Waals surface area contributed by atoms with Crippen LogP contribution in [0.4, 0.5) is 0 Å². The van der Waals surface area contributed by atoms with E-state index in [0.717, 1.165) is 23.6 Å². The average Bonchev–Trinajstić information content (AvgIpc) is 3.33. The van der Waals surface area contributed by atoms with Crippen molar-refractivity contribution in [3.63, 3.8) is 0 Å². The van der Waals surface area contributed by atoms with E-state index in [-0.39, 0.29) is 5.41 Å². The number of hydrogen-bond acceptors (Lipinski definition) is 3. The summed E-state index contributed by atoms with van der Waals surface area (Å²) in [5.74, 6) is -0.958. The zero-order valence-corrected chi connectivity index (χ0v) is 16.3. The molecule has 2 N–H and O–H groups in total. The van der Waals surface area contributed by atoms with Crippen LogP contribution in [0.3, 0.4) is 0 Å². The third kappa shape index (κ3) is 4.24. The second-order valence-corrected chi connectivity index (χ2v) is 8.87. The lowest BCUT2D eigenvalue weighted by Crippen LogP contribution is -2.49. The molecular formula is C22H27NO4. The van der Waals surface area contributed by atoms with Crippen LogP contribution in [-0.4, -0.2) is 29.6 Å². The predicted octanol–water partition coefficient (Wildman–Crippen LogP) is 4.25. The number of carbonyl (C=O) groups excluding carboxylic acids is 1. The van der Waals surface area contributed by atoms with E-state index in [1.165, 1.54) is 0 Å². The van der Waals surface area contributed by atoms with E-state index in [1.807, 2.05) is 30.3 Å². The first-order valence-corrected chi connectivity index (χ1v) is 9.29. The van der Waals surface area contributed by atoms with Crippen molar-refractivity contribution in [2.45, 2.75) is 46.6 Å². The smallest absolute Gasteiger partial charge is 0.326 e. The summed E-state index contributed by atoms with van der Waals surface area (Å²) in [6.45, 7) is 8.08. The Bertz CT molecular complexity index is 878. The lowest BCUT2D eigenvalue weighted by atomic mass is 9.86. The highest BCUT2D eigenvalue weighted by Crippen LogP contribution is 2.45. The van der Waals surface area contributed by atoms with Gasteiger partial charge in [-0.25, -0.2) is 4.79 Å². The van der Waals surface area contributed by atoms with Gasteiger partial charge in [0.05, 0.1) is 12.2 Å². The molecule has 5 nitrogen and oxygen atoms in total. The number of amides is 1. The minimum atomic E-state index is -1.05. The summed E-state index contributed by atoms with van der Waals surface area (Å²) in [4.78, 5) is 24.6. The Morgan fingerprint density at radius 1 is 1.19 bits per heavy atom. The monoisotopic (exact) mass is 369 g/mol. The van der Waals surface area contributed by atoms with Gasteiger partial charge >= 0.3 is 5.97 Å². The Morgan fingerprint density at radius 2 is 1.85 bits per heavy atom. The highest BCUT2D eigenvalue weighted by atomic mass is 16.5. The lowest BCUT2D eigenvalue weighted by molar-refractivity contribution is -0.142. The van der Waals surface area contributed by atoms with Crippen molar-refractivity contribution in [1.82, 2.24) is 5.32 Å². The Hall–Kier alpha value is -2.56. The van der Waals surface area contributed by atoms with Crippen LogP contribution in [0, 0.1) is 10.8 Å². The van der Waals surface area contributed by atoms with Crippen molar-refractivity contribution in [2.75, 3.05) is 6.61 Å². The molecule has 0 heterocycles. The molecule has 0 saturated heterocycles. The van der Waals surface area contributed by atoms with Crippen LogP contribution in [0.5, 0.6) is 5.75 Å². The van der Waals surface area contributed by atoms with Crippen LogP contribution >= 0.6 is 0 Å². The van der Waals surface area contributed by atoms with Crippen LogP contribution in [0.25, 0.3) is 10.8 Å². The first kappa shape index (κ1) is 19.2. The molecule has 2 aromatic rings. The van der Waals surface area contributed by atoms with Gasteiger partial charge in [0, 0.05) is 10.8 Å². The highest BCUT2D eigenvalue weighted by Gasteiger charge is 2.39. The maximum atomic E-state index is 13.0. The minimum Gasteiger partial charge on any atom is -0.492 e. The molecule has 144 valence electrons. The van der Waals surface area contributed by atoms with E-state index in [4.69, 9.17) is 4.74 Å². The van der Waals surface area contributed by atoms with Crippen LogP contribution < -0.4 is 10.1 Å².